The van der Waals surface area contributed by atoms with E-state index >= 15 is 0 Å². The fourth-order valence-electron chi connectivity index (χ4n) is 1.38. The molecule has 0 aliphatic heterocycles. The summed E-state index contributed by atoms with van der Waals surface area (Å²) >= 11 is 7.05. The number of benzene rings is 1. The van der Waals surface area contributed by atoms with Crippen LogP contribution >= 0.6 is 22.9 Å². The number of thiophene rings is 1. The highest BCUT2D eigenvalue weighted by Crippen LogP contribution is 2.26. The van der Waals surface area contributed by atoms with Crippen LogP contribution in [-0.2, 0) is 0 Å². The largest absolute Gasteiger partial charge is 0.288 e. The van der Waals surface area contributed by atoms with Crippen molar-refractivity contribution >= 4 is 28.7 Å². The van der Waals surface area contributed by atoms with E-state index in [1.54, 1.807) is 24.4 Å². The van der Waals surface area contributed by atoms with Gasteiger partial charge in [-0.1, -0.05) is 17.7 Å². The van der Waals surface area contributed by atoms with Crippen LogP contribution in [0.4, 0.5) is 4.39 Å². The molecule has 0 saturated heterocycles. The summed E-state index contributed by atoms with van der Waals surface area (Å²) in [6.07, 6.45) is 0. The molecule has 0 N–H and O–H groups in total. The standard InChI is InChI=1S/C12H8ClFOS/c1-7-2-3-8(10(14)6-7)11(15)12-9(13)4-5-16-12/h2-6H,1H3. The minimum Gasteiger partial charge on any atom is -0.288 e. The van der Waals surface area contributed by atoms with Crippen molar-refractivity contribution in [2.75, 3.05) is 0 Å². The molecule has 2 aromatic rings. The molecule has 0 fully saturated rings. The lowest BCUT2D eigenvalue weighted by molar-refractivity contribution is 0.103. The van der Waals surface area contributed by atoms with Gasteiger partial charge >= 0.3 is 0 Å². The first kappa shape index (κ1) is 11.3. The van der Waals surface area contributed by atoms with Crippen molar-refractivity contribution in [1.29, 1.82) is 0 Å². The molecule has 1 aromatic carbocycles. The minimum atomic E-state index is -0.505. The molecular weight excluding hydrogens is 247 g/mol. The van der Waals surface area contributed by atoms with Crippen molar-refractivity contribution in [1.82, 2.24) is 0 Å². The third-order valence-electron chi connectivity index (χ3n) is 2.19. The Balaban J connectivity index is 2.46. The summed E-state index contributed by atoms with van der Waals surface area (Å²) in [5.41, 5.74) is 0.848. The lowest BCUT2D eigenvalue weighted by Crippen LogP contribution is -2.02. The molecule has 0 atom stereocenters. The first-order chi connectivity index (χ1) is 7.59. The molecular formula is C12H8ClFOS. The van der Waals surface area contributed by atoms with Crippen LogP contribution in [0.5, 0.6) is 0 Å². The lowest BCUT2D eigenvalue weighted by Gasteiger charge is -2.02. The van der Waals surface area contributed by atoms with Crippen LogP contribution < -0.4 is 0 Å². The Morgan fingerprint density at radius 2 is 2.12 bits per heavy atom. The molecule has 1 heterocycles. The third-order valence-corrected chi connectivity index (χ3v) is 3.53. The van der Waals surface area contributed by atoms with Gasteiger partial charge in [-0.25, -0.2) is 4.39 Å². The van der Waals surface area contributed by atoms with Crippen molar-refractivity contribution in [2.45, 2.75) is 6.92 Å². The quantitative estimate of drug-likeness (QED) is 0.738. The number of halogens is 2. The van der Waals surface area contributed by atoms with Crippen molar-refractivity contribution in [3.05, 3.63) is 56.5 Å². The lowest BCUT2D eigenvalue weighted by atomic mass is 10.1. The second-order valence-corrected chi connectivity index (χ2v) is 4.73. The predicted molar refractivity (Wildman–Crippen MR) is 63.9 cm³/mol. The number of rotatable bonds is 2. The summed E-state index contributed by atoms with van der Waals surface area (Å²) in [5.74, 6) is -0.869. The number of carbonyl (C=O) groups excluding carboxylic acids is 1. The first-order valence-corrected chi connectivity index (χ1v) is 5.89. The zero-order valence-electron chi connectivity index (χ0n) is 8.46. The van der Waals surface area contributed by atoms with Crippen LogP contribution in [0.1, 0.15) is 20.8 Å². The molecule has 0 unspecified atom stereocenters. The fraction of sp³-hybridized carbons (Fsp3) is 0.0833. The molecule has 0 amide bonds. The van der Waals surface area contributed by atoms with Gasteiger partial charge in [0, 0.05) is 0 Å². The van der Waals surface area contributed by atoms with Gasteiger partial charge in [-0.05, 0) is 36.1 Å². The highest BCUT2D eigenvalue weighted by molar-refractivity contribution is 7.13. The normalized spacial score (nSPS) is 10.4. The Morgan fingerprint density at radius 1 is 1.38 bits per heavy atom. The molecule has 4 heteroatoms. The molecule has 0 aliphatic rings. The van der Waals surface area contributed by atoms with E-state index in [0.717, 1.165) is 5.56 Å². The highest BCUT2D eigenvalue weighted by Gasteiger charge is 2.17. The molecule has 1 aromatic heterocycles. The molecule has 2 rings (SSSR count). The van der Waals surface area contributed by atoms with E-state index in [4.69, 9.17) is 11.6 Å². The smallest absolute Gasteiger partial charge is 0.207 e. The summed E-state index contributed by atoms with van der Waals surface area (Å²) in [5, 5.41) is 2.08. The first-order valence-electron chi connectivity index (χ1n) is 4.63. The van der Waals surface area contributed by atoms with E-state index in [2.05, 4.69) is 0 Å². The Hall–Kier alpha value is -1.19. The minimum absolute atomic E-state index is 0.0648. The SMILES string of the molecule is Cc1ccc(C(=O)c2sccc2Cl)c(F)c1. The van der Waals surface area contributed by atoms with Crippen LogP contribution in [0.3, 0.4) is 0 Å². The fourth-order valence-corrected chi connectivity index (χ4v) is 2.48. The van der Waals surface area contributed by atoms with Gasteiger partial charge < -0.3 is 0 Å². The molecule has 16 heavy (non-hydrogen) atoms. The molecule has 0 spiro atoms. The van der Waals surface area contributed by atoms with E-state index in [1.807, 2.05) is 0 Å². The Morgan fingerprint density at radius 3 is 2.69 bits per heavy atom. The maximum atomic E-state index is 13.6. The zero-order valence-corrected chi connectivity index (χ0v) is 10.0. The maximum absolute atomic E-state index is 13.6. The Kier molecular flexibility index (Phi) is 3.08. The van der Waals surface area contributed by atoms with Crippen molar-refractivity contribution in [3.63, 3.8) is 0 Å². The molecule has 0 saturated carbocycles. The van der Waals surface area contributed by atoms with E-state index in [0.29, 0.717) is 9.90 Å². The van der Waals surface area contributed by atoms with E-state index in [1.165, 1.54) is 23.5 Å². The van der Waals surface area contributed by atoms with Crippen LogP contribution in [-0.4, -0.2) is 5.78 Å². The summed E-state index contributed by atoms with van der Waals surface area (Å²) in [6.45, 7) is 1.77. The number of hydrogen-bond acceptors (Lipinski definition) is 2. The van der Waals surface area contributed by atoms with Gasteiger partial charge in [-0.3, -0.25) is 4.79 Å². The number of aryl methyl sites for hydroxylation is 1. The van der Waals surface area contributed by atoms with E-state index in [-0.39, 0.29) is 11.3 Å². The van der Waals surface area contributed by atoms with Gasteiger partial charge in [0.25, 0.3) is 0 Å². The van der Waals surface area contributed by atoms with E-state index < -0.39 is 5.82 Å². The molecule has 0 bridgehead atoms. The van der Waals surface area contributed by atoms with E-state index in [9.17, 15) is 9.18 Å². The summed E-state index contributed by atoms with van der Waals surface area (Å²) in [7, 11) is 0. The van der Waals surface area contributed by atoms with Gasteiger partial charge in [0.1, 0.15) is 5.82 Å². The molecule has 1 nitrogen and oxygen atoms in total. The van der Waals surface area contributed by atoms with Crippen molar-refractivity contribution in [2.24, 2.45) is 0 Å². The van der Waals surface area contributed by atoms with Gasteiger partial charge in [0.2, 0.25) is 5.78 Å². The molecule has 0 radical (unpaired) electrons. The summed E-state index contributed by atoms with van der Waals surface area (Å²) in [6, 6.07) is 6.17. The maximum Gasteiger partial charge on any atom is 0.207 e. The van der Waals surface area contributed by atoms with Crippen LogP contribution in [0, 0.1) is 12.7 Å². The van der Waals surface area contributed by atoms with Crippen LogP contribution in [0.2, 0.25) is 5.02 Å². The van der Waals surface area contributed by atoms with Gasteiger partial charge in [-0.15, -0.1) is 11.3 Å². The van der Waals surface area contributed by atoms with Crippen molar-refractivity contribution < 1.29 is 9.18 Å². The number of hydrogen-bond donors (Lipinski definition) is 0. The zero-order chi connectivity index (χ0) is 11.7. The van der Waals surface area contributed by atoms with Gasteiger partial charge in [-0.2, -0.15) is 0 Å². The summed E-state index contributed by atoms with van der Waals surface area (Å²) < 4.78 is 13.6. The van der Waals surface area contributed by atoms with Gasteiger partial charge in [0.15, 0.2) is 0 Å². The Bertz CT molecular complexity index is 548. The van der Waals surface area contributed by atoms with Gasteiger partial charge in [0.05, 0.1) is 15.5 Å². The second kappa shape index (κ2) is 4.36. The second-order valence-electron chi connectivity index (χ2n) is 3.41. The number of carbonyl (C=O) groups is 1. The molecule has 82 valence electrons. The predicted octanol–water partition coefficient (Wildman–Crippen LogP) is 4.08. The van der Waals surface area contributed by atoms with Crippen LogP contribution in [0.15, 0.2) is 29.6 Å². The topological polar surface area (TPSA) is 17.1 Å². The van der Waals surface area contributed by atoms with Crippen molar-refractivity contribution in [3.8, 4) is 0 Å². The summed E-state index contributed by atoms with van der Waals surface area (Å²) in [4.78, 5) is 12.3. The monoisotopic (exact) mass is 254 g/mol. The van der Waals surface area contributed by atoms with Crippen LogP contribution in [0.25, 0.3) is 0 Å². The highest BCUT2D eigenvalue weighted by atomic mass is 35.5. The molecule has 0 aliphatic carbocycles. The average Bonchev–Trinajstić information content (AvgIpc) is 2.63. The third kappa shape index (κ3) is 2.01. The Labute approximate surface area is 101 Å². The number of ketones is 1. The average molecular weight is 255 g/mol.